The molecule has 0 unspecified atom stereocenters. The van der Waals surface area contributed by atoms with Gasteiger partial charge in [0.1, 0.15) is 5.69 Å². The Bertz CT molecular complexity index is 952. The Morgan fingerprint density at radius 3 is 2.82 bits per heavy atom. The molecule has 1 fully saturated rings. The number of hydrogen-bond acceptors (Lipinski definition) is 4. The van der Waals surface area contributed by atoms with Gasteiger partial charge >= 0.3 is 6.18 Å². The van der Waals surface area contributed by atoms with E-state index in [4.69, 9.17) is 0 Å². The van der Waals surface area contributed by atoms with Gasteiger partial charge in [0.15, 0.2) is 5.65 Å². The first-order valence-electron chi connectivity index (χ1n) is 9.52. The van der Waals surface area contributed by atoms with Crippen molar-refractivity contribution < 1.29 is 13.2 Å². The molecule has 3 aromatic heterocycles. The van der Waals surface area contributed by atoms with Gasteiger partial charge in [-0.1, -0.05) is 13.0 Å². The van der Waals surface area contributed by atoms with E-state index in [0.717, 1.165) is 48.6 Å². The van der Waals surface area contributed by atoms with Crippen molar-refractivity contribution in [3.8, 4) is 0 Å². The zero-order valence-electron chi connectivity index (χ0n) is 15.7. The molecule has 148 valence electrons. The second kappa shape index (κ2) is 7.50. The molecule has 0 saturated carbocycles. The number of aryl methyl sites for hydroxylation is 1. The van der Waals surface area contributed by atoms with Crippen LogP contribution >= 0.6 is 0 Å². The Morgan fingerprint density at radius 1 is 1.25 bits per heavy atom. The number of halogens is 3. The quantitative estimate of drug-likeness (QED) is 0.674. The van der Waals surface area contributed by atoms with Crippen LogP contribution in [0.3, 0.4) is 0 Å². The number of fused-ring (bicyclic) bond motifs is 1. The van der Waals surface area contributed by atoms with Crippen LogP contribution in [0.5, 0.6) is 0 Å². The first kappa shape index (κ1) is 18.9. The Labute approximate surface area is 161 Å². The number of pyridine rings is 1. The summed E-state index contributed by atoms with van der Waals surface area (Å²) in [5.74, 6) is 0.0956. The van der Waals surface area contributed by atoms with Crippen LogP contribution in [0, 0.1) is 0 Å². The van der Waals surface area contributed by atoms with E-state index in [-0.39, 0.29) is 11.6 Å². The lowest BCUT2D eigenvalue weighted by Gasteiger charge is -2.31. The lowest BCUT2D eigenvalue weighted by molar-refractivity contribution is -0.142. The second-order valence-corrected chi connectivity index (χ2v) is 7.26. The summed E-state index contributed by atoms with van der Waals surface area (Å²) in [7, 11) is 0. The van der Waals surface area contributed by atoms with E-state index in [1.807, 2.05) is 18.3 Å². The van der Waals surface area contributed by atoms with Gasteiger partial charge in [0.2, 0.25) is 0 Å². The Morgan fingerprint density at radius 2 is 2.11 bits per heavy atom. The first-order valence-corrected chi connectivity index (χ1v) is 9.52. The average molecular weight is 389 g/mol. The zero-order valence-corrected chi connectivity index (χ0v) is 15.7. The minimum absolute atomic E-state index is 0.0956. The molecule has 5 nitrogen and oxygen atoms in total. The number of likely N-dealkylation sites (tertiary alicyclic amines) is 1. The summed E-state index contributed by atoms with van der Waals surface area (Å²) >= 11 is 0. The molecule has 4 heterocycles. The van der Waals surface area contributed by atoms with Gasteiger partial charge in [0.25, 0.3) is 0 Å². The summed E-state index contributed by atoms with van der Waals surface area (Å²) in [5.41, 5.74) is 1.75. The molecular weight excluding hydrogens is 367 g/mol. The maximum Gasteiger partial charge on any atom is 0.433 e. The second-order valence-electron chi connectivity index (χ2n) is 7.26. The van der Waals surface area contributed by atoms with E-state index in [0.29, 0.717) is 17.8 Å². The monoisotopic (exact) mass is 389 g/mol. The van der Waals surface area contributed by atoms with Crippen LogP contribution in [0.25, 0.3) is 5.65 Å². The van der Waals surface area contributed by atoms with Crippen LogP contribution in [-0.2, 0) is 19.1 Å². The topological polar surface area (TPSA) is 46.3 Å². The highest BCUT2D eigenvalue weighted by Gasteiger charge is 2.35. The lowest BCUT2D eigenvalue weighted by Crippen LogP contribution is -2.34. The van der Waals surface area contributed by atoms with Crippen molar-refractivity contribution in [2.45, 2.75) is 44.8 Å². The SMILES string of the molecule is CCc1cc(C(F)(F)F)n2nc([C@@H]3CCCN(Cc4cccnc4)C3)cc2n1. The molecule has 1 saturated heterocycles. The smallest absolute Gasteiger partial charge is 0.298 e. The molecule has 1 aliphatic heterocycles. The molecule has 0 bridgehead atoms. The Kier molecular flexibility index (Phi) is 5.05. The fourth-order valence-corrected chi connectivity index (χ4v) is 3.82. The van der Waals surface area contributed by atoms with Crippen LogP contribution < -0.4 is 0 Å². The molecule has 28 heavy (non-hydrogen) atoms. The summed E-state index contributed by atoms with van der Waals surface area (Å²) in [6.07, 6.45) is 1.47. The summed E-state index contributed by atoms with van der Waals surface area (Å²) in [6, 6.07) is 6.76. The molecular formula is C20H22F3N5. The van der Waals surface area contributed by atoms with Gasteiger partial charge in [-0.2, -0.15) is 18.3 Å². The van der Waals surface area contributed by atoms with Crippen molar-refractivity contribution in [1.29, 1.82) is 0 Å². The standard InChI is InChI=1S/C20H22F3N5/c1-2-16-9-18(20(21,22)23)28-19(25-16)10-17(26-28)15-6-4-8-27(13-15)12-14-5-3-7-24-11-14/h3,5,7,9-11,15H,2,4,6,8,12-13H2,1H3/t15-/m1/s1. The molecule has 0 amide bonds. The Balaban J connectivity index is 1.61. The number of nitrogens with zero attached hydrogens (tertiary/aromatic N) is 5. The predicted molar refractivity (Wildman–Crippen MR) is 98.9 cm³/mol. The minimum Gasteiger partial charge on any atom is -0.298 e. The normalized spacial score (nSPS) is 18.6. The molecule has 3 aromatic rings. The number of rotatable bonds is 4. The van der Waals surface area contributed by atoms with E-state index >= 15 is 0 Å². The van der Waals surface area contributed by atoms with Crippen molar-refractivity contribution in [1.82, 2.24) is 24.5 Å². The van der Waals surface area contributed by atoms with E-state index in [1.54, 1.807) is 19.2 Å². The van der Waals surface area contributed by atoms with Crippen LogP contribution in [0.15, 0.2) is 36.7 Å². The Hall–Kier alpha value is -2.48. The third-order valence-electron chi connectivity index (χ3n) is 5.20. The zero-order chi connectivity index (χ0) is 19.7. The average Bonchev–Trinajstić information content (AvgIpc) is 3.11. The van der Waals surface area contributed by atoms with Gasteiger partial charge in [-0.15, -0.1) is 0 Å². The molecule has 0 aliphatic carbocycles. The molecule has 0 N–H and O–H groups in total. The van der Waals surface area contributed by atoms with Crippen LogP contribution in [-0.4, -0.2) is 37.6 Å². The van der Waals surface area contributed by atoms with Crippen molar-refractivity contribution >= 4 is 5.65 Å². The number of hydrogen-bond donors (Lipinski definition) is 0. The van der Waals surface area contributed by atoms with Crippen molar-refractivity contribution in [3.63, 3.8) is 0 Å². The number of alkyl halides is 3. The molecule has 0 spiro atoms. The number of piperidine rings is 1. The molecule has 0 radical (unpaired) electrons. The third kappa shape index (κ3) is 3.87. The van der Waals surface area contributed by atoms with Gasteiger partial charge in [0, 0.05) is 43.2 Å². The van der Waals surface area contributed by atoms with Crippen LogP contribution in [0.2, 0.25) is 0 Å². The molecule has 8 heteroatoms. The van der Waals surface area contributed by atoms with Crippen molar-refractivity contribution in [2.24, 2.45) is 0 Å². The van der Waals surface area contributed by atoms with Crippen LogP contribution in [0.1, 0.15) is 48.3 Å². The lowest BCUT2D eigenvalue weighted by atomic mass is 9.94. The molecule has 1 atom stereocenters. The summed E-state index contributed by atoms with van der Waals surface area (Å²) < 4.78 is 41.4. The highest BCUT2D eigenvalue weighted by molar-refractivity contribution is 5.43. The summed E-state index contributed by atoms with van der Waals surface area (Å²) in [4.78, 5) is 10.8. The molecule has 4 rings (SSSR count). The molecule has 1 aliphatic rings. The fourth-order valence-electron chi connectivity index (χ4n) is 3.82. The highest BCUT2D eigenvalue weighted by atomic mass is 19.4. The highest BCUT2D eigenvalue weighted by Crippen LogP contribution is 2.32. The number of aromatic nitrogens is 4. The van der Waals surface area contributed by atoms with E-state index in [2.05, 4.69) is 20.0 Å². The van der Waals surface area contributed by atoms with E-state index in [9.17, 15) is 13.2 Å². The van der Waals surface area contributed by atoms with Gasteiger partial charge in [0.05, 0.1) is 5.69 Å². The van der Waals surface area contributed by atoms with Gasteiger partial charge in [-0.05, 0) is 43.5 Å². The summed E-state index contributed by atoms with van der Waals surface area (Å²) in [6.45, 7) is 4.31. The van der Waals surface area contributed by atoms with Crippen molar-refractivity contribution in [3.05, 3.63) is 59.3 Å². The first-order chi connectivity index (χ1) is 13.4. The summed E-state index contributed by atoms with van der Waals surface area (Å²) in [5, 5.41) is 4.31. The van der Waals surface area contributed by atoms with Gasteiger partial charge < -0.3 is 0 Å². The molecule has 0 aromatic carbocycles. The maximum atomic E-state index is 13.5. The van der Waals surface area contributed by atoms with Crippen molar-refractivity contribution in [2.75, 3.05) is 13.1 Å². The third-order valence-corrected chi connectivity index (χ3v) is 5.20. The maximum absolute atomic E-state index is 13.5. The fraction of sp³-hybridized carbons (Fsp3) is 0.450. The minimum atomic E-state index is -4.46. The predicted octanol–water partition coefficient (Wildman–Crippen LogP) is 4.09. The van der Waals surface area contributed by atoms with Gasteiger partial charge in [-0.3, -0.25) is 9.88 Å². The van der Waals surface area contributed by atoms with E-state index < -0.39 is 11.9 Å². The van der Waals surface area contributed by atoms with E-state index in [1.165, 1.54) is 0 Å². The largest absolute Gasteiger partial charge is 0.433 e. The van der Waals surface area contributed by atoms with Gasteiger partial charge in [-0.25, -0.2) is 9.50 Å². The van der Waals surface area contributed by atoms with Crippen LogP contribution in [0.4, 0.5) is 13.2 Å².